The highest BCUT2D eigenvalue weighted by molar-refractivity contribution is 8.02. The number of thioether (sulfide) groups is 2. The highest BCUT2D eigenvalue weighted by atomic mass is 35.5. The van der Waals surface area contributed by atoms with Crippen LogP contribution in [0.3, 0.4) is 0 Å². The average Bonchev–Trinajstić information content (AvgIpc) is 2.54. The predicted molar refractivity (Wildman–Crippen MR) is 101 cm³/mol. The minimum absolute atomic E-state index is 0.00610. The van der Waals surface area contributed by atoms with Crippen LogP contribution in [0.5, 0.6) is 0 Å². The fourth-order valence-electron chi connectivity index (χ4n) is 2.18. The fraction of sp³-hybridized carbons (Fsp3) is 0.500. The molecule has 0 N–H and O–H groups in total. The number of methoxy groups -OCH3 is 1. The van der Waals surface area contributed by atoms with Crippen LogP contribution in [0.25, 0.3) is 10.9 Å². The second kappa shape index (κ2) is 9.57. The zero-order valence-electron chi connectivity index (χ0n) is 13.4. The summed E-state index contributed by atoms with van der Waals surface area (Å²) in [4.78, 5) is 17.4. The topological polar surface area (TPSA) is 44.1 Å². The molecule has 0 fully saturated rings. The monoisotopic (exact) mass is 372 g/mol. The molecule has 2 rings (SSSR count). The molecule has 4 nitrogen and oxygen atoms in total. The fourth-order valence-corrected chi connectivity index (χ4v) is 4.12. The zero-order chi connectivity index (χ0) is 16.7. The molecule has 0 saturated carbocycles. The molecule has 0 unspecified atom stereocenters. The van der Waals surface area contributed by atoms with E-state index in [2.05, 4.69) is 11.9 Å². The first-order chi connectivity index (χ1) is 11.2. The minimum atomic E-state index is -0.00610. The molecule has 1 heterocycles. The average molecular weight is 373 g/mol. The molecule has 0 radical (unpaired) electrons. The van der Waals surface area contributed by atoms with Gasteiger partial charge in [-0.15, -0.1) is 0 Å². The second-order valence-corrected chi connectivity index (χ2v) is 7.80. The third-order valence-corrected chi connectivity index (χ3v) is 5.65. The summed E-state index contributed by atoms with van der Waals surface area (Å²) < 4.78 is 6.86. The number of halogens is 1. The molecule has 0 aliphatic heterocycles. The van der Waals surface area contributed by atoms with Crippen LogP contribution >= 0.6 is 35.1 Å². The van der Waals surface area contributed by atoms with E-state index in [0.717, 1.165) is 28.8 Å². The summed E-state index contributed by atoms with van der Waals surface area (Å²) in [6.07, 6.45) is 0.786. The molecule has 0 aliphatic rings. The summed E-state index contributed by atoms with van der Waals surface area (Å²) >= 11 is 9.55. The summed E-state index contributed by atoms with van der Waals surface area (Å²) in [5.74, 6) is 3.08. The lowest BCUT2D eigenvalue weighted by Gasteiger charge is -2.13. The Morgan fingerprint density at radius 3 is 2.91 bits per heavy atom. The van der Waals surface area contributed by atoms with Crippen molar-refractivity contribution in [1.82, 2.24) is 9.55 Å². The van der Waals surface area contributed by atoms with Gasteiger partial charge in [0.15, 0.2) is 5.16 Å². The molecule has 23 heavy (non-hydrogen) atoms. The molecule has 126 valence electrons. The van der Waals surface area contributed by atoms with Crippen LogP contribution in [0.15, 0.2) is 28.2 Å². The van der Waals surface area contributed by atoms with E-state index in [9.17, 15) is 4.79 Å². The van der Waals surface area contributed by atoms with Gasteiger partial charge in [-0.2, -0.15) is 11.8 Å². The molecule has 0 saturated heterocycles. The molecule has 1 aromatic heterocycles. The Hall–Kier alpha value is -0.690. The number of hydrogen-bond donors (Lipinski definition) is 0. The summed E-state index contributed by atoms with van der Waals surface area (Å²) in [5.41, 5.74) is 0.657. The predicted octanol–water partition coefficient (Wildman–Crippen LogP) is 3.93. The maximum atomic E-state index is 12.8. The first-order valence-electron chi connectivity index (χ1n) is 7.57. The largest absolute Gasteiger partial charge is 0.385 e. The van der Waals surface area contributed by atoms with Gasteiger partial charge in [0, 0.05) is 36.8 Å². The Morgan fingerprint density at radius 2 is 2.17 bits per heavy atom. The Balaban J connectivity index is 2.34. The molecular weight excluding hydrogens is 352 g/mol. The van der Waals surface area contributed by atoms with Gasteiger partial charge in [0.1, 0.15) is 0 Å². The van der Waals surface area contributed by atoms with E-state index in [-0.39, 0.29) is 5.56 Å². The van der Waals surface area contributed by atoms with E-state index in [1.165, 1.54) is 0 Å². The molecule has 7 heteroatoms. The van der Waals surface area contributed by atoms with E-state index in [1.807, 2.05) is 11.8 Å². The SMILES string of the molecule is CCSCCSc1nc2cc(Cl)ccc2c(=O)n1CCCOC. The lowest BCUT2D eigenvalue weighted by molar-refractivity contribution is 0.189. The number of aromatic nitrogens is 2. The van der Waals surface area contributed by atoms with Gasteiger partial charge in [0.05, 0.1) is 10.9 Å². The highest BCUT2D eigenvalue weighted by Gasteiger charge is 2.12. The maximum Gasteiger partial charge on any atom is 0.262 e. The van der Waals surface area contributed by atoms with Crippen molar-refractivity contribution in [2.45, 2.75) is 25.0 Å². The molecule has 1 aromatic carbocycles. The van der Waals surface area contributed by atoms with Crippen LogP contribution in [-0.2, 0) is 11.3 Å². The van der Waals surface area contributed by atoms with Crippen molar-refractivity contribution in [1.29, 1.82) is 0 Å². The summed E-state index contributed by atoms with van der Waals surface area (Å²) in [5, 5.41) is 1.97. The van der Waals surface area contributed by atoms with Crippen molar-refractivity contribution in [3.8, 4) is 0 Å². The lowest BCUT2D eigenvalue weighted by Crippen LogP contribution is -2.24. The zero-order valence-corrected chi connectivity index (χ0v) is 15.8. The molecular formula is C16H21ClN2O2S2. The Bertz CT molecular complexity index is 706. The third-order valence-electron chi connectivity index (χ3n) is 3.28. The van der Waals surface area contributed by atoms with Crippen LogP contribution in [-0.4, -0.2) is 40.5 Å². The molecule has 0 spiro atoms. The number of ether oxygens (including phenoxy) is 1. The molecule has 0 atom stereocenters. The normalized spacial score (nSPS) is 11.3. The number of hydrogen-bond acceptors (Lipinski definition) is 5. The molecule has 0 amide bonds. The van der Waals surface area contributed by atoms with Gasteiger partial charge in [-0.1, -0.05) is 30.3 Å². The summed E-state index contributed by atoms with van der Waals surface area (Å²) in [6, 6.07) is 5.24. The van der Waals surface area contributed by atoms with Gasteiger partial charge < -0.3 is 4.74 Å². The van der Waals surface area contributed by atoms with Crippen molar-refractivity contribution in [2.24, 2.45) is 0 Å². The number of fused-ring (bicyclic) bond motifs is 1. The van der Waals surface area contributed by atoms with Crippen molar-refractivity contribution in [3.63, 3.8) is 0 Å². The lowest BCUT2D eigenvalue weighted by atomic mass is 10.2. The molecule has 2 aromatic rings. The third kappa shape index (κ3) is 5.14. The van der Waals surface area contributed by atoms with Crippen LogP contribution < -0.4 is 5.56 Å². The van der Waals surface area contributed by atoms with Crippen LogP contribution in [0.2, 0.25) is 5.02 Å². The number of rotatable bonds is 9. The van der Waals surface area contributed by atoms with Crippen molar-refractivity contribution in [3.05, 3.63) is 33.6 Å². The van der Waals surface area contributed by atoms with E-state index in [0.29, 0.717) is 29.1 Å². The summed E-state index contributed by atoms with van der Waals surface area (Å²) in [7, 11) is 1.67. The first kappa shape index (κ1) is 18.6. The standard InChI is InChI=1S/C16H21ClN2O2S2/c1-3-22-9-10-23-16-18-14-11-12(17)5-6-13(14)15(20)19(16)7-4-8-21-2/h5-6,11H,3-4,7-10H2,1-2H3. The Labute approximate surface area is 150 Å². The van der Waals surface area contributed by atoms with Crippen LogP contribution in [0.1, 0.15) is 13.3 Å². The molecule has 0 bridgehead atoms. The van der Waals surface area contributed by atoms with Crippen LogP contribution in [0.4, 0.5) is 0 Å². The van der Waals surface area contributed by atoms with Crippen molar-refractivity contribution < 1.29 is 4.74 Å². The maximum absolute atomic E-state index is 12.8. The van der Waals surface area contributed by atoms with E-state index < -0.39 is 0 Å². The van der Waals surface area contributed by atoms with Crippen LogP contribution in [0, 0.1) is 0 Å². The van der Waals surface area contributed by atoms with E-state index >= 15 is 0 Å². The second-order valence-electron chi connectivity index (χ2n) is 4.90. The van der Waals surface area contributed by atoms with Crippen molar-refractivity contribution >= 4 is 46.0 Å². The van der Waals surface area contributed by atoms with Gasteiger partial charge in [-0.05, 0) is 30.4 Å². The molecule has 0 aliphatic carbocycles. The highest BCUT2D eigenvalue weighted by Crippen LogP contribution is 2.21. The Morgan fingerprint density at radius 1 is 1.35 bits per heavy atom. The van der Waals surface area contributed by atoms with E-state index in [1.54, 1.807) is 41.6 Å². The smallest absolute Gasteiger partial charge is 0.262 e. The van der Waals surface area contributed by atoms with Gasteiger partial charge in [-0.3, -0.25) is 9.36 Å². The summed E-state index contributed by atoms with van der Waals surface area (Å²) in [6.45, 7) is 3.38. The van der Waals surface area contributed by atoms with Gasteiger partial charge in [0.25, 0.3) is 5.56 Å². The van der Waals surface area contributed by atoms with Gasteiger partial charge in [-0.25, -0.2) is 4.98 Å². The number of nitrogens with zero attached hydrogens (tertiary/aromatic N) is 2. The van der Waals surface area contributed by atoms with Crippen molar-refractivity contribution in [2.75, 3.05) is 31.0 Å². The Kier molecular flexibility index (Phi) is 7.76. The number of benzene rings is 1. The van der Waals surface area contributed by atoms with E-state index in [4.69, 9.17) is 16.3 Å². The first-order valence-corrected chi connectivity index (χ1v) is 10.1. The van der Waals surface area contributed by atoms with Gasteiger partial charge >= 0.3 is 0 Å². The van der Waals surface area contributed by atoms with Gasteiger partial charge in [0.2, 0.25) is 0 Å². The quantitative estimate of drug-likeness (QED) is 0.379. The minimum Gasteiger partial charge on any atom is -0.385 e.